The number of anilines is 2. The minimum atomic E-state index is -0.198. The van der Waals surface area contributed by atoms with Crippen molar-refractivity contribution < 1.29 is 4.42 Å². The molecule has 6 heterocycles. The van der Waals surface area contributed by atoms with Crippen LogP contribution in [0.15, 0.2) is 120 Å². The first-order valence-corrected chi connectivity index (χ1v) is 25.5. The summed E-state index contributed by atoms with van der Waals surface area (Å²) in [5, 5.41) is 9.13. The van der Waals surface area contributed by atoms with Crippen LogP contribution >= 0.6 is 22.7 Å². The van der Waals surface area contributed by atoms with Crippen molar-refractivity contribution in [2.45, 2.75) is 104 Å². The molecule has 14 rings (SSSR count). The van der Waals surface area contributed by atoms with Crippen LogP contribution < -0.4 is 15.9 Å². The van der Waals surface area contributed by atoms with Crippen LogP contribution in [-0.4, -0.2) is 11.4 Å². The number of hydrogen-bond acceptors (Lipinski definition) is 4. The molecule has 0 spiro atoms. The van der Waals surface area contributed by atoms with Crippen molar-refractivity contribution >= 4 is 125 Å². The molecule has 4 aromatic heterocycles. The Bertz CT molecular complexity index is 3970. The number of furan rings is 1. The molecule has 0 N–H and O–H groups in total. The summed E-state index contributed by atoms with van der Waals surface area (Å²) >= 11 is 3.86. The van der Waals surface area contributed by atoms with E-state index in [1.807, 2.05) is 22.7 Å². The van der Waals surface area contributed by atoms with Crippen LogP contribution in [-0.2, 0) is 21.7 Å². The molecule has 0 atom stereocenters. The van der Waals surface area contributed by atoms with Crippen molar-refractivity contribution in [3.8, 4) is 16.8 Å². The van der Waals surface area contributed by atoms with Crippen LogP contribution in [0.1, 0.15) is 104 Å². The Labute approximate surface area is 394 Å². The lowest BCUT2D eigenvalue weighted by Gasteiger charge is -2.42. The van der Waals surface area contributed by atoms with Crippen LogP contribution in [0.5, 0.6) is 0 Å². The molecule has 1 aliphatic carbocycles. The normalized spacial score (nSPS) is 16.4. The molecule has 324 valence electrons. The molecule has 11 aromatic rings. The van der Waals surface area contributed by atoms with Gasteiger partial charge in [-0.25, -0.2) is 0 Å². The van der Waals surface area contributed by atoms with Gasteiger partial charge in [0.05, 0.1) is 16.7 Å². The van der Waals surface area contributed by atoms with Crippen molar-refractivity contribution in [3.05, 3.63) is 138 Å². The molecule has 0 amide bonds. The van der Waals surface area contributed by atoms with E-state index in [-0.39, 0.29) is 28.5 Å². The maximum absolute atomic E-state index is 7.42. The Balaban J connectivity index is 1.14. The van der Waals surface area contributed by atoms with Gasteiger partial charge in [0.25, 0.3) is 0 Å². The second kappa shape index (κ2) is 12.6. The van der Waals surface area contributed by atoms with Crippen LogP contribution in [0.4, 0.5) is 11.4 Å². The highest BCUT2D eigenvalue weighted by Crippen LogP contribution is 2.53. The zero-order valence-electron chi connectivity index (χ0n) is 39.6. The number of nitrogens with zero attached hydrogens (tertiary/aromatic N) is 2. The summed E-state index contributed by atoms with van der Waals surface area (Å²) in [6.45, 7) is 23.5. The van der Waals surface area contributed by atoms with Gasteiger partial charge in [0.1, 0.15) is 11.2 Å². The number of hydrogen-bond donors (Lipinski definition) is 0. The highest BCUT2D eigenvalue weighted by Gasteiger charge is 2.48. The molecule has 2 aliphatic heterocycles. The molecular formula is C60H53BN2OS2. The smallest absolute Gasteiger partial charge is 0.375 e. The lowest BCUT2D eigenvalue weighted by molar-refractivity contribution is 0.332. The van der Waals surface area contributed by atoms with Gasteiger partial charge >= 0.3 is 6.85 Å². The molecule has 3 aliphatic rings. The van der Waals surface area contributed by atoms with Crippen molar-refractivity contribution in [2.24, 2.45) is 0 Å². The summed E-state index contributed by atoms with van der Waals surface area (Å²) in [5.74, 6) is 0. The van der Waals surface area contributed by atoms with E-state index in [0.29, 0.717) is 0 Å². The first-order chi connectivity index (χ1) is 31.4. The Morgan fingerprint density at radius 2 is 1.20 bits per heavy atom. The zero-order valence-corrected chi connectivity index (χ0v) is 41.2. The second-order valence-corrected chi connectivity index (χ2v) is 25.4. The summed E-state index contributed by atoms with van der Waals surface area (Å²) in [6.07, 6.45) is 2.41. The third-order valence-electron chi connectivity index (χ3n) is 16.1. The van der Waals surface area contributed by atoms with Crippen molar-refractivity contribution in [3.63, 3.8) is 0 Å². The second-order valence-electron chi connectivity index (χ2n) is 23.2. The Morgan fingerprint density at radius 3 is 1.95 bits per heavy atom. The molecule has 7 aromatic carbocycles. The van der Waals surface area contributed by atoms with E-state index in [0.717, 1.165) is 11.2 Å². The van der Waals surface area contributed by atoms with E-state index in [9.17, 15) is 0 Å². The van der Waals surface area contributed by atoms with Gasteiger partial charge in [0.2, 0.25) is 0 Å². The predicted molar refractivity (Wildman–Crippen MR) is 288 cm³/mol. The topological polar surface area (TPSA) is 21.3 Å². The van der Waals surface area contributed by atoms with E-state index < -0.39 is 0 Å². The molecule has 6 heteroatoms. The van der Waals surface area contributed by atoms with Gasteiger partial charge < -0.3 is 13.8 Å². The van der Waals surface area contributed by atoms with Crippen LogP contribution in [0.2, 0.25) is 0 Å². The van der Waals surface area contributed by atoms with Crippen LogP contribution in [0.25, 0.3) is 89.9 Å². The van der Waals surface area contributed by atoms with E-state index >= 15 is 0 Å². The fraction of sp³-hybridized carbons (Fsp3) is 0.267. The molecule has 0 fully saturated rings. The number of benzene rings is 7. The Morgan fingerprint density at radius 1 is 0.545 bits per heavy atom. The minimum absolute atomic E-state index is 0.0288. The third-order valence-corrected chi connectivity index (χ3v) is 18.4. The lowest BCUT2D eigenvalue weighted by atomic mass is 9.46. The van der Waals surface area contributed by atoms with Gasteiger partial charge in [0.15, 0.2) is 0 Å². The summed E-state index contributed by atoms with van der Waals surface area (Å²) in [6, 6.07) is 45.3. The van der Waals surface area contributed by atoms with Crippen molar-refractivity contribution in [1.29, 1.82) is 0 Å². The molecule has 3 nitrogen and oxygen atoms in total. The van der Waals surface area contributed by atoms with Gasteiger partial charge in [-0.2, -0.15) is 0 Å². The summed E-state index contributed by atoms with van der Waals surface area (Å²) in [7, 11) is 0. The third kappa shape index (κ3) is 5.15. The van der Waals surface area contributed by atoms with E-state index in [4.69, 9.17) is 4.42 Å². The van der Waals surface area contributed by atoms with Gasteiger partial charge in [-0.05, 0) is 135 Å². The summed E-state index contributed by atoms with van der Waals surface area (Å²) in [4.78, 5) is 2.64. The van der Waals surface area contributed by atoms with E-state index in [1.165, 1.54) is 136 Å². The van der Waals surface area contributed by atoms with Gasteiger partial charge in [-0.1, -0.05) is 118 Å². The Kier molecular flexibility index (Phi) is 7.50. The number of thiophene rings is 2. The first kappa shape index (κ1) is 39.4. The number of rotatable bonds is 1. The molecule has 0 bridgehead atoms. The largest absolute Gasteiger partial charge is 0.466 e. The summed E-state index contributed by atoms with van der Waals surface area (Å²) < 4.78 is 15.4. The van der Waals surface area contributed by atoms with E-state index in [1.54, 1.807) is 0 Å². The zero-order chi connectivity index (χ0) is 45.1. The average Bonchev–Trinajstić information content (AvgIpc) is 4.03. The summed E-state index contributed by atoms with van der Waals surface area (Å²) in [5.41, 5.74) is 17.9. The molecule has 0 unspecified atom stereocenters. The quantitative estimate of drug-likeness (QED) is 0.153. The minimum Gasteiger partial charge on any atom is -0.466 e. The highest BCUT2D eigenvalue weighted by atomic mass is 32.1. The molecular weight excluding hydrogens is 840 g/mol. The lowest BCUT2D eigenvalue weighted by Crippen LogP contribution is -2.60. The average molecular weight is 893 g/mol. The SMILES string of the molecule is CC(C)(C)c1ccc(N2B3c4oc5ccc(C(C)(C)C)cc5c4-n4c5cc6c(cc5c5ccc(c3c54)-c3cc4c(cc32)sc2cc3c(cc24)C(C)(C)CCC3(C)C)sc2ccccc26)cc1. The van der Waals surface area contributed by atoms with Crippen LogP contribution in [0.3, 0.4) is 0 Å². The fourth-order valence-corrected chi connectivity index (χ4v) is 14.6. The van der Waals surface area contributed by atoms with Gasteiger partial charge in [-0.3, -0.25) is 0 Å². The monoisotopic (exact) mass is 892 g/mol. The highest BCUT2D eigenvalue weighted by molar-refractivity contribution is 7.26. The molecule has 66 heavy (non-hydrogen) atoms. The predicted octanol–water partition coefficient (Wildman–Crippen LogP) is 16.4. The molecule has 0 radical (unpaired) electrons. The van der Waals surface area contributed by atoms with Crippen molar-refractivity contribution in [1.82, 2.24) is 4.57 Å². The number of fused-ring (bicyclic) bond motifs is 17. The molecule has 0 saturated heterocycles. The van der Waals surface area contributed by atoms with E-state index in [2.05, 4.69) is 194 Å². The van der Waals surface area contributed by atoms with Gasteiger partial charge in [-0.15, -0.1) is 22.7 Å². The first-order valence-electron chi connectivity index (χ1n) is 23.9. The number of aromatic nitrogens is 1. The Hall–Kier alpha value is -5.82. The standard InChI is InChI=1S/C60H53BN2OS2/c1-57(2,3)32-15-18-34(19-16-32)63-47-31-52-40(41-27-44-45(30-51(41)66-52)60(9,10)24-23-59(44,7)8)26-38(47)36-20-21-37-39-29-50-42(35-13-11-12-14-49(35)65-50)28-46(39)62-54(37)53(36)61(63)56-55(62)43-25-33(58(4,5)6)17-22-48(43)64-56/h11-22,25-31H,23-24H2,1-10H3. The fourth-order valence-electron chi connectivity index (χ4n) is 12.3. The van der Waals surface area contributed by atoms with Crippen LogP contribution in [0, 0.1) is 0 Å². The molecule has 0 saturated carbocycles. The van der Waals surface area contributed by atoms with Gasteiger partial charge in [0, 0.05) is 73.4 Å². The van der Waals surface area contributed by atoms with Crippen molar-refractivity contribution in [2.75, 3.05) is 4.81 Å². The maximum Gasteiger partial charge on any atom is 0.375 e. The maximum atomic E-state index is 7.42.